The van der Waals surface area contributed by atoms with Gasteiger partial charge in [-0.25, -0.2) is 0 Å². The SMILES string of the molecule is C/C=C\c1c(N=Nc2ccc(N(CCO)CCO)cc2)cccc1NCCSSCC[n+]1cccc2c(N)cccc21. The standard InChI is InChI=1S/C32H38N6O2S2/c1-2-6-28-30(34-16-23-41-42-24-20-38-17-5-7-27-29(33)8-3-11-32(27)38)9-4-10-31(28)36-35-25-12-14-26(15-13-25)37(18-21-39)19-22-40/h2-15,17,33-34,39-40H,16,18-24H2,1H3/p+1/b6-2-,36-35?. The Morgan fingerprint density at radius 3 is 2.43 bits per heavy atom. The molecule has 8 nitrogen and oxygen atoms in total. The highest BCUT2D eigenvalue weighted by Crippen LogP contribution is 2.31. The van der Waals surface area contributed by atoms with Gasteiger partial charge in [-0.15, -0.1) is 5.11 Å². The van der Waals surface area contributed by atoms with Gasteiger partial charge >= 0.3 is 0 Å². The molecule has 0 bridgehead atoms. The number of nitrogens with two attached hydrogens (primary N) is 1. The van der Waals surface area contributed by atoms with E-state index in [0.717, 1.165) is 69.5 Å². The number of nitrogens with one attached hydrogen (secondary N) is 1. The third-order valence-electron chi connectivity index (χ3n) is 6.60. The number of aryl methyl sites for hydroxylation is 1. The number of hydrogen-bond donors (Lipinski definition) is 4. The summed E-state index contributed by atoms with van der Waals surface area (Å²) in [5.41, 5.74) is 12.6. The first-order valence-corrected chi connectivity index (χ1v) is 16.5. The molecular formula is C32H39N6O2S2+. The molecule has 1 heterocycles. The van der Waals surface area contributed by atoms with Crippen LogP contribution >= 0.6 is 21.6 Å². The molecule has 1 aromatic heterocycles. The summed E-state index contributed by atoms with van der Waals surface area (Å²) in [6.45, 7) is 4.74. The molecule has 0 spiro atoms. The highest BCUT2D eigenvalue weighted by molar-refractivity contribution is 8.76. The van der Waals surface area contributed by atoms with Crippen molar-refractivity contribution in [2.45, 2.75) is 13.5 Å². The zero-order valence-corrected chi connectivity index (χ0v) is 25.5. The van der Waals surface area contributed by atoms with Crippen molar-refractivity contribution in [2.75, 3.05) is 60.3 Å². The monoisotopic (exact) mass is 603 g/mol. The predicted molar refractivity (Wildman–Crippen MR) is 180 cm³/mol. The van der Waals surface area contributed by atoms with Crippen LogP contribution in [0.1, 0.15) is 12.5 Å². The Labute approximate surface area is 255 Å². The Morgan fingerprint density at radius 1 is 0.905 bits per heavy atom. The smallest absolute Gasteiger partial charge is 0.214 e. The van der Waals surface area contributed by atoms with Gasteiger partial charge in [0.1, 0.15) is 0 Å². The van der Waals surface area contributed by atoms with Gasteiger partial charge in [0.15, 0.2) is 12.7 Å². The van der Waals surface area contributed by atoms with Gasteiger partial charge in [0.2, 0.25) is 5.52 Å². The highest BCUT2D eigenvalue weighted by Gasteiger charge is 2.10. The van der Waals surface area contributed by atoms with E-state index in [4.69, 9.17) is 5.73 Å². The largest absolute Gasteiger partial charge is 0.398 e. The fraction of sp³-hybridized carbons (Fsp3) is 0.281. The van der Waals surface area contributed by atoms with Gasteiger partial charge in [-0.1, -0.05) is 45.9 Å². The first-order chi connectivity index (χ1) is 20.6. The van der Waals surface area contributed by atoms with Crippen LogP contribution in [-0.2, 0) is 6.54 Å². The van der Waals surface area contributed by atoms with Gasteiger partial charge in [-0.05, 0) is 55.5 Å². The van der Waals surface area contributed by atoms with Crippen LogP contribution in [0, 0.1) is 0 Å². The van der Waals surface area contributed by atoms with Crippen LogP contribution in [0.5, 0.6) is 0 Å². The molecule has 42 heavy (non-hydrogen) atoms. The zero-order valence-electron chi connectivity index (χ0n) is 23.9. The maximum absolute atomic E-state index is 9.29. The van der Waals surface area contributed by atoms with Crippen LogP contribution in [-0.4, -0.2) is 54.6 Å². The number of aliphatic hydroxyl groups is 2. The first-order valence-electron chi connectivity index (χ1n) is 14.0. The molecule has 0 unspecified atom stereocenters. The van der Waals surface area contributed by atoms with Gasteiger partial charge in [-0.3, -0.25) is 0 Å². The maximum atomic E-state index is 9.29. The van der Waals surface area contributed by atoms with Gasteiger partial charge in [0, 0.05) is 60.1 Å². The van der Waals surface area contributed by atoms with Crippen LogP contribution in [0.4, 0.5) is 28.4 Å². The first kappa shape index (κ1) is 31.4. The normalized spacial score (nSPS) is 11.6. The molecule has 0 aliphatic rings. The summed E-state index contributed by atoms with van der Waals surface area (Å²) < 4.78 is 2.26. The van der Waals surface area contributed by atoms with Gasteiger partial charge in [-0.2, -0.15) is 9.68 Å². The summed E-state index contributed by atoms with van der Waals surface area (Å²) in [6, 6.07) is 23.9. The minimum Gasteiger partial charge on any atom is -0.398 e. The second-order valence-corrected chi connectivity index (χ2v) is 12.1. The second kappa shape index (κ2) is 16.8. The fourth-order valence-corrected chi connectivity index (χ4v) is 6.46. The zero-order chi connectivity index (χ0) is 29.6. The van der Waals surface area contributed by atoms with E-state index in [-0.39, 0.29) is 13.2 Å². The van der Waals surface area contributed by atoms with Crippen LogP contribution < -0.4 is 20.5 Å². The van der Waals surface area contributed by atoms with Gasteiger partial charge < -0.3 is 26.2 Å². The van der Waals surface area contributed by atoms with Crippen LogP contribution in [0.15, 0.2) is 95.3 Å². The van der Waals surface area contributed by atoms with Gasteiger partial charge in [0.25, 0.3) is 0 Å². The lowest BCUT2D eigenvalue weighted by Gasteiger charge is -2.22. The maximum Gasteiger partial charge on any atom is 0.214 e. The lowest BCUT2D eigenvalue weighted by molar-refractivity contribution is -0.666. The Hall–Kier alpha value is -3.57. The van der Waals surface area contributed by atoms with Crippen molar-refractivity contribution in [3.05, 3.63) is 90.6 Å². The summed E-state index contributed by atoms with van der Waals surface area (Å²) in [5, 5.41) is 32.2. The molecule has 10 heteroatoms. The Bertz CT molecular complexity index is 1470. The number of nitrogens with zero attached hydrogens (tertiary/aromatic N) is 4. The average molecular weight is 604 g/mol. The molecule has 220 valence electrons. The number of anilines is 3. The molecular weight excluding hydrogens is 565 g/mol. The summed E-state index contributed by atoms with van der Waals surface area (Å²) >= 11 is 0. The molecule has 0 aliphatic heterocycles. The van der Waals surface area contributed by atoms with Crippen LogP contribution in [0.2, 0.25) is 0 Å². The summed E-state index contributed by atoms with van der Waals surface area (Å²) in [7, 11) is 3.74. The quantitative estimate of drug-likeness (QED) is 0.0383. The molecule has 0 fully saturated rings. The Morgan fingerprint density at radius 2 is 1.67 bits per heavy atom. The van der Waals surface area contributed by atoms with E-state index in [1.165, 1.54) is 0 Å². The minimum atomic E-state index is 0.0262. The summed E-state index contributed by atoms with van der Waals surface area (Å²) in [5.74, 6) is 1.97. The summed E-state index contributed by atoms with van der Waals surface area (Å²) in [6.07, 6.45) is 6.18. The third kappa shape index (κ3) is 8.72. The van der Waals surface area contributed by atoms with E-state index < -0.39 is 0 Å². The molecule has 4 rings (SSSR count). The molecule has 0 saturated carbocycles. The number of pyridine rings is 1. The second-order valence-electron chi connectivity index (χ2n) is 9.44. The summed E-state index contributed by atoms with van der Waals surface area (Å²) in [4.78, 5) is 1.93. The highest BCUT2D eigenvalue weighted by atomic mass is 33.1. The number of benzene rings is 3. The predicted octanol–water partition coefficient (Wildman–Crippen LogP) is 6.44. The number of rotatable bonds is 16. The number of allylic oxidation sites excluding steroid dienone is 1. The minimum absolute atomic E-state index is 0.0262. The molecule has 4 aromatic rings. The van der Waals surface area contributed by atoms with Crippen molar-refractivity contribution in [3.8, 4) is 0 Å². The topological polar surface area (TPSA) is 110 Å². The number of nitrogen functional groups attached to an aromatic ring is 1. The number of azo groups is 1. The third-order valence-corrected chi connectivity index (χ3v) is 8.99. The van der Waals surface area contributed by atoms with Crippen molar-refractivity contribution in [2.24, 2.45) is 10.2 Å². The lowest BCUT2D eigenvalue weighted by Crippen LogP contribution is -2.35. The van der Waals surface area contributed by atoms with Gasteiger partial charge in [0.05, 0.1) is 35.7 Å². The molecule has 0 saturated heterocycles. The van der Waals surface area contributed by atoms with Crippen molar-refractivity contribution in [1.82, 2.24) is 0 Å². The van der Waals surface area contributed by atoms with Crippen molar-refractivity contribution < 1.29 is 14.8 Å². The molecule has 0 radical (unpaired) electrons. The van der Waals surface area contributed by atoms with E-state index in [9.17, 15) is 10.2 Å². The Balaban J connectivity index is 1.29. The van der Waals surface area contributed by atoms with E-state index in [1.807, 2.05) is 88.0 Å². The van der Waals surface area contributed by atoms with Crippen LogP contribution in [0.3, 0.4) is 0 Å². The van der Waals surface area contributed by atoms with Crippen LogP contribution in [0.25, 0.3) is 17.0 Å². The van der Waals surface area contributed by atoms with Crippen molar-refractivity contribution >= 4 is 67.0 Å². The Kier molecular flexibility index (Phi) is 12.5. The lowest BCUT2D eigenvalue weighted by atomic mass is 10.1. The number of hydrogen-bond acceptors (Lipinski definition) is 9. The molecule has 0 amide bonds. The van der Waals surface area contributed by atoms with E-state index in [1.54, 1.807) is 0 Å². The van der Waals surface area contributed by atoms with E-state index >= 15 is 0 Å². The number of aromatic nitrogens is 1. The number of aliphatic hydroxyl groups excluding tert-OH is 2. The van der Waals surface area contributed by atoms with E-state index in [2.05, 4.69) is 56.7 Å². The average Bonchev–Trinajstić information content (AvgIpc) is 3.01. The van der Waals surface area contributed by atoms with E-state index in [0.29, 0.717) is 13.1 Å². The van der Waals surface area contributed by atoms with Crippen molar-refractivity contribution in [1.29, 1.82) is 0 Å². The number of fused-ring (bicyclic) bond motifs is 1. The molecule has 0 atom stereocenters. The molecule has 0 aliphatic carbocycles. The molecule has 3 aromatic carbocycles. The fourth-order valence-electron chi connectivity index (χ4n) is 4.59. The molecule has 5 N–H and O–H groups in total. The van der Waals surface area contributed by atoms with Crippen molar-refractivity contribution in [3.63, 3.8) is 0 Å².